The predicted octanol–water partition coefficient (Wildman–Crippen LogP) is 3.05. The highest BCUT2D eigenvalue weighted by atomic mass is 16.6. The van der Waals surface area contributed by atoms with Gasteiger partial charge in [-0.05, 0) is 42.7 Å². The minimum absolute atomic E-state index is 0.332. The second-order valence-corrected chi connectivity index (χ2v) is 5.60. The Balaban J connectivity index is 1.69. The number of rotatable bonds is 3. The molecular formula is C18H20O3. The van der Waals surface area contributed by atoms with Gasteiger partial charge in [-0.25, -0.2) is 0 Å². The van der Waals surface area contributed by atoms with E-state index in [0.29, 0.717) is 18.8 Å². The van der Waals surface area contributed by atoms with Crippen LogP contribution in [-0.4, -0.2) is 23.9 Å². The van der Waals surface area contributed by atoms with Gasteiger partial charge in [0, 0.05) is 6.42 Å². The molecule has 3 heteroatoms. The van der Waals surface area contributed by atoms with Crippen molar-refractivity contribution in [1.29, 1.82) is 0 Å². The Morgan fingerprint density at radius 2 is 1.86 bits per heavy atom. The summed E-state index contributed by atoms with van der Waals surface area (Å²) in [7, 11) is 0. The van der Waals surface area contributed by atoms with Gasteiger partial charge in [-0.3, -0.25) is 0 Å². The van der Waals surface area contributed by atoms with E-state index in [1.807, 2.05) is 24.3 Å². The van der Waals surface area contributed by atoms with Crippen LogP contribution in [-0.2, 0) is 6.42 Å². The topological polar surface area (TPSA) is 38.7 Å². The highest BCUT2D eigenvalue weighted by molar-refractivity contribution is 5.41. The number of aliphatic hydroxyl groups is 1. The quantitative estimate of drug-likeness (QED) is 0.941. The molecule has 2 aromatic carbocycles. The van der Waals surface area contributed by atoms with Crippen LogP contribution in [0.15, 0.2) is 42.5 Å². The summed E-state index contributed by atoms with van der Waals surface area (Å²) in [6.45, 7) is 4.55. The molecule has 0 saturated heterocycles. The number of ether oxygens (including phenoxy) is 2. The van der Waals surface area contributed by atoms with E-state index in [2.05, 4.69) is 32.0 Å². The van der Waals surface area contributed by atoms with E-state index in [4.69, 9.17) is 9.47 Å². The summed E-state index contributed by atoms with van der Waals surface area (Å²) in [5.41, 5.74) is 3.62. The molecule has 2 aromatic rings. The molecule has 110 valence electrons. The molecule has 2 atom stereocenters. The fraction of sp³-hybridized carbons (Fsp3) is 0.333. The molecule has 0 spiro atoms. The lowest BCUT2D eigenvalue weighted by atomic mass is 9.99. The van der Waals surface area contributed by atoms with Crippen LogP contribution in [0.3, 0.4) is 0 Å². The molecule has 0 radical (unpaired) electrons. The van der Waals surface area contributed by atoms with Crippen LogP contribution in [0.4, 0.5) is 0 Å². The molecule has 21 heavy (non-hydrogen) atoms. The SMILES string of the molecule is Cc1ccc(CC(O)C2COc3ccccc3O2)cc1C. The molecule has 0 aliphatic carbocycles. The monoisotopic (exact) mass is 284 g/mol. The molecule has 1 heterocycles. The normalized spacial score (nSPS) is 18.3. The van der Waals surface area contributed by atoms with Crippen LogP contribution in [0.25, 0.3) is 0 Å². The highest BCUT2D eigenvalue weighted by Crippen LogP contribution is 2.32. The average Bonchev–Trinajstić information content (AvgIpc) is 2.50. The first kappa shape index (κ1) is 14.0. The first-order valence-corrected chi connectivity index (χ1v) is 7.26. The van der Waals surface area contributed by atoms with Crippen molar-refractivity contribution in [3.63, 3.8) is 0 Å². The average molecular weight is 284 g/mol. The van der Waals surface area contributed by atoms with Crippen molar-refractivity contribution in [2.45, 2.75) is 32.5 Å². The zero-order valence-electron chi connectivity index (χ0n) is 12.4. The van der Waals surface area contributed by atoms with E-state index in [1.165, 1.54) is 11.1 Å². The molecular weight excluding hydrogens is 264 g/mol. The lowest BCUT2D eigenvalue weighted by molar-refractivity contribution is -0.00941. The van der Waals surface area contributed by atoms with Gasteiger partial charge in [0.25, 0.3) is 0 Å². The van der Waals surface area contributed by atoms with E-state index in [9.17, 15) is 5.11 Å². The summed E-state index contributed by atoms with van der Waals surface area (Å²) in [5, 5.41) is 10.4. The molecule has 1 aliphatic heterocycles. The number of hydrogen-bond acceptors (Lipinski definition) is 3. The Morgan fingerprint density at radius 3 is 2.62 bits per heavy atom. The van der Waals surface area contributed by atoms with Gasteiger partial charge in [-0.2, -0.15) is 0 Å². The second kappa shape index (κ2) is 5.78. The Labute approximate surface area is 125 Å². The largest absolute Gasteiger partial charge is 0.486 e. The maximum absolute atomic E-state index is 10.4. The van der Waals surface area contributed by atoms with E-state index < -0.39 is 6.10 Å². The van der Waals surface area contributed by atoms with Crippen molar-refractivity contribution in [2.75, 3.05) is 6.61 Å². The molecule has 0 saturated carbocycles. The molecule has 1 N–H and O–H groups in total. The first-order chi connectivity index (χ1) is 10.1. The zero-order valence-corrected chi connectivity index (χ0v) is 12.4. The predicted molar refractivity (Wildman–Crippen MR) is 82.0 cm³/mol. The molecule has 0 amide bonds. The summed E-state index contributed by atoms with van der Waals surface area (Å²) < 4.78 is 11.5. The van der Waals surface area contributed by atoms with Gasteiger partial charge >= 0.3 is 0 Å². The third kappa shape index (κ3) is 3.03. The molecule has 2 unspecified atom stereocenters. The van der Waals surface area contributed by atoms with Crippen LogP contribution in [0.1, 0.15) is 16.7 Å². The van der Waals surface area contributed by atoms with Crippen molar-refractivity contribution < 1.29 is 14.6 Å². The maximum atomic E-state index is 10.4. The Bertz CT molecular complexity index is 636. The van der Waals surface area contributed by atoms with Crippen LogP contribution in [0.5, 0.6) is 11.5 Å². The highest BCUT2D eigenvalue weighted by Gasteiger charge is 2.27. The van der Waals surface area contributed by atoms with Crippen molar-refractivity contribution >= 4 is 0 Å². The number of aryl methyl sites for hydroxylation is 2. The summed E-state index contributed by atoms with van der Waals surface area (Å²) in [6, 6.07) is 13.8. The fourth-order valence-corrected chi connectivity index (χ4v) is 2.53. The lowest BCUT2D eigenvalue weighted by Crippen LogP contribution is -2.40. The van der Waals surface area contributed by atoms with Crippen LogP contribution in [0.2, 0.25) is 0 Å². The van der Waals surface area contributed by atoms with Gasteiger partial charge in [-0.1, -0.05) is 30.3 Å². The number of para-hydroxylation sites is 2. The van der Waals surface area contributed by atoms with Crippen LogP contribution >= 0.6 is 0 Å². The Hall–Kier alpha value is -2.00. The molecule has 0 aromatic heterocycles. The van der Waals surface area contributed by atoms with Gasteiger partial charge < -0.3 is 14.6 Å². The van der Waals surface area contributed by atoms with Gasteiger partial charge in [-0.15, -0.1) is 0 Å². The molecule has 1 aliphatic rings. The van der Waals surface area contributed by atoms with Crippen LogP contribution in [0, 0.1) is 13.8 Å². The standard InChI is InChI=1S/C18H20O3/c1-12-7-8-14(9-13(12)2)10-15(19)18-11-20-16-5-3-4-6-17(16)21-18/h3-9,15,18-19H,10-11H2,1-2H3. The zero-order chi connectivity index (χ0) is 14.8. The summed E-state index contributed by atoms with van der Waals surface area (Å²) in [6.07, 6.45) is -0.348. The molecule has 0 bridgehead atoms. The minimum atomic E-state index is -0.583. The van der Waals surface area contributed by atoms with E-state index in [-0.39, 0.29) is 6.10 Å². The third-order valence-corrected chi connectivity index (χ3v) is 3.98. The Morgan fingerprint density at radius 1 is 1.10 bits per heavy atom. The first-order valence-electron chi connectivity index (χ1n) is 7.26. The van der Waals surface area contributed by atoms with Gasteiger partial charge in [0.2, 0.25) is 0 Å². The molecule has 0 fully saturated rings. The van der Waals surface area contributed by atoms with Gasteiger partial charge in [0.05, 0.1) is 6.10 Å². The molecule has 3 nitrogen and oxygen atoms in total. The second-order valence-electron chi connectivity index (χ2n) is 5.60. The number of fused-ring (bicyclic) bond motifs is 1. The summed E-state index contributed by atoms with van der Waals surface area (Å²) in [4.78, 5) is 0. The van der Waals surface area contributed by atoms with E-state index in [1.54, 1.807) is 0 Å². The van der Waals surface area contributed by atoms with Gasteiger partial charge in [0.1, 0.15) is 6.61 Å². The maximum Gasteiger partial charge on any atom is 0.161 e. The summed E-state index contributed by atoms with van der Waals surface area (Å²) in [5.74, 6) is 1.44. The number of aliphatic hydroxyl groups excluding tert-OH is 1. The fourth-order valence-electron chi connectivity index (χ4n) is 2.53. The summed E-state index contributed by atoms with van der Waals surface area (Å²) >= 11 is 0. The van der Waals surface area contributed by atoms with E-state index in [0.717, 1.165) is 11.3 Å². The minimum Gasteiger partial charge on any atom is -0.486 e. The van der Waals surface area contributed by atoms with E-state index >= 15 is 0 Å². The smallest absolute Gasteiger partial charge is 0.161 e. The van der Waals surface area contributed by atoms with Crippen molar-refractivity contribution in [3.8, 4) is 11.5 Å². The van der Waals surface area contributed by atoms with Crippen LogP contribution < -0.4 is 9.47 Å². The van der Waals surface area contributed by atoms with Crippen molar-refractivity contribution in [2.24, 2.45) is 0 Å². The van der Waals surface area contributed by atoms with Gasteiger partial charge in [0.15, 0.2) is 17.6 Å². The number of hydrogen-bond donors (Lipinski definition) is 1. The van der Waals surface area contributed by atoms with Crippen molar-refractivity contribution in [1.82, 2.24) is 0 Å². The molecule has 3 rings (SSSR count). The third-order valence-electron chi connectivity index (χ3n) is 3.98. The van der Waals surface area contributed by atoms with Crippen molar-refractivity contribution in [3.05, 3.63) is 59.2 Å². The Kier molecular flexibility index (Phi) is 3.84. The lowest BCUT2D eigenvalue weighted by Gasteiger charge is -2.29. The number of benzene rings is 2.